The van der Waals surface area contributed by atoms with Crippen molar-refractivity contribution in [3.63, 3.8) is 0 Å². The van der Waals surface area contributed by atoms with Gasteiger partial charge in [0.1, 0.15) is 12.2 Å². The van der Waals surface area contributed by atoms with Crippen molar-refractivity contribution in [2.45, 2.75) is 11.8 Å². The first-order valence-corrected chi connectivity index (χ1v) is 7.96. The molecule has 96 valence electrons. The van der Waals surface area contributed by atoms with Crippen LogP contribution < -0.4 is 0 Å². The minimum absolute atomic E-state index is 0.00204. The summed E-state index contributed by atoms with van der Waals surface area (Å²) in [4.78, 5) is 4.33. The van der Waals surface area contributed by atoms with Gasteiger partial charge in [-0.05, 0) is 5.56 Å². The van der Waals surface area contributed by atoms with Crippen molar-refractivity contribution in [1.29, 1.82) is 0 Å². The molecule has 0 saturated heterocycles. The van der Waals surface area contributed by atoms with Crippen molar-refractivity contribution >= 4 is 31.9 Å². The zero-order valence-electron chi connectivity index (χ0n) is 10.2. The zero-order chi connectivity index (χ0) is 13.0. The molecule has 18 heavy (non-hydrogen) atoms. The summed E-state index contributed by atoms with van der Waals surface area (Å²) in [7, 11) is 1.93. The van der Waals surface area contributed by atoms with E-state index in [1.54, 1.807) is 6.33 Å². The molecule has 0 unspecified atom stereocenters. The Bertz CT molecular complexity index is 492. The predicted molar refractivity (Wildman–Crippen MR) is 80.4 cm³/mol. The molecule has 1 aromatic carbocycles. The molecule has 0 atom stereocenters. The number of alkyl halides is 2. The number of benzene rings is 1. The van der Waals surface area contributed by atoms with Crippen LogP contribution in [-0.4, -0.2) is 25.4 Å². The lowest BCUT2D eigenvalue weighted by atomic mass is 9.81. The zero-order valence-corrected chi connectivity index (χ0v) is 13.4. The van der Waals surface area contributed by atoms with Crippen molar-refractivity contribution in [3.8, 4) is 0 Å². The summed E-state index contributed by atoms with van der Waals surface area (Å²) in [5, 5.41) is 5.89. The highest BCUT2D eigenvalue weighted by Crippen LogP contribution is 2.32. The lowest BCUT2D eigenvalue weighted by Gasteiger charge is -2.30. The number of rotatable bonds is 5. The molecule has 0 spiro atoms. The first-order valence-electron chi connectivity index (χ1n) is 5.72. The standard InChI is InChI=1S/C13H15Br2N3/c1-18-12(16-10-17-18)7-13(8-14,9-15)11-5-3-2-4-6-11/h2-6,10H,7-9H2,1H3. The van der Waals surface area contributed by atoms with Crippen molar-refractivity contribution in [1.82, 2.24) is 14.8 Å². The highest BCUT2D eigenvalue weighted by molar-refractivity contribution is 9.09. The van der Waals surface area contributed by atoms with Gasteiger partial charge < -0.3 is 0 Å². The van der Waals surface area contributed by atoms with Gasteiger partial charge in [-0.15, -0.1) is 0 Å². The van der Waals surface area contributed by atoms with E-state index in [-0.39, 0.29) is 5.41 Å². The van der Waals surface area contributed by atoms with Gasteiger partial charge in [-0.1, -0.05) is 62.2 Å². The minimum atomic E-state index is 0.00204. The van der Waals surface area contributed by atoms with Crippen LogP contribution in [0.4, 0.5) is 0 Å². The fourth-order valence-corrected chi connectivity index (χ4v) is 3.93. The highest BCUT2D eigenvalue weighted by Gasteiger charge is 2.31. The second kappa shape index (κ2) is 5.97. The first kappa shape index (κ1) is 13.7. The molecule has 0 bridgehead atoms. The van der Waals surface area contributed by atoms with E-state index >= 15 is 0 Å². The lowest BCUT2D eigenvalue weighted by molar-refractivity contribution is 0.515. The van der Waals surface area contributed by atoms with Gasteiger partial charge in [-0.3, -0.25) is 4.68 Å². The normalized spacial score (nSPS) is 11.7. The average molecular weight is 373 g/mol. The van der Waals surface area contributed by atoms with Crippen LogP contribution in [0.3, 0.4) is 0 Å². The molecule has 1 aromatic heterocycles. The van der Waals surface area contributed by atoms with Crippen molar-refractivity contribution in [3.05, 3.63) is 48.0 Å². The third kappa shape index (κ3) is 2.67. The van der Waals surface area contributed by atoms with Gasteiger partial charge in [0.05, 0.1) is 0 Å². The minimum Gasteiger partial charge on any atom is -0.253 e. The van der Waals surface area contributed by atoms with Crippen molar-refractivity contribution in [2.24, 2.45) is 7.05 Å². The van der Waals surface area contributed by atoms with Gasteiger partial charge >= 0.3 is 0 Å². The fourth-order valence-electron chi connectivity index (χ4n) is 1.96. The number of aromatic nitrogens is 3. The molecule has 0 N–H and O–H groups in total. The molecule has 0 aliphatic heterocycles. The Morgan fingerprint density at radius 1 is 1.17 bits per heavy atom. The maximum Gasteiger partial charge on any atom is 0.138 e. The van der Waals surface area contributed by atoms with Crippen LogP contribution >= 0.6 is 31.9 Å². The molecular formula is C13H15Br2N3. The van der Waals surface area contributed by atoms with Crippen LogP contribution in [0.1, 0.15) is 11.4 Å². The second-order valence-corrected chi connectivity index (χ2v) is 5.51. The number of nitrogens with zero attached hydrogens (tertiary/aromatic N) is 3. The Hall–Kier alpha value is -0.680. The Morgan fingerprint density at radius 2 is 1.83 bits per heavy atom. The second-order valence-electron chi connectivity index (χ2n) is 4.39. The van der Waals surface area contributed by atoms with Gasteiger partial charge in [-0.2, -0.15) is 5.10 Å². The SMILES string of the molecule is Cn1ncnc1CC(CBr)(CBr)c1ccccc1. The van der Waals surface area contributed by atoms with Gasteiger partial charge in [0.2, 0.25) is 0 Å². The predicted octanol–water partition coefficient (Wildman–Crippen LogP) is 3.09. The first-order chi connectivity index (χ1) is 8.72. The molecule has 2 rings (SSSR count). The third-order valence-corrected chi connectivity index (χ3v) is 5.35. The molecule has 0 aliphatic rings. The maximum atomic E-state index is 4.33. The van der Waals surface area contributed by atoms with Crippen molar-refractivity contribution < 1.29 is 0 Å². The van der Waals surface area contributed by atoms with E-state index in [4.69, 9.17) is 0 Å². The van der Waals surface area contributed by atoms with Gasteiger partial charge in [-0.25, -0.2) is 4.98 Å². The summed E-state index contributed by atoms with van der Waals surface area (Å²) in [6.45, 7) is 0. The molecule has 0 amide bonds. The van der Waals surface area contributed by atoms with E-state index in [2.05, 4.69) is 66.2 Å². The third-order valence-electron chi connectivity index (χ3n) is 3.20. The van der Waals surface area contributed by atoms with Crippen LogP contribution in [0, 0.1) is 0 Å². The summed E-state index contributed by atoms with van der Waals surface area (Å²) in [6, 6.07) is 10.5. The molecule has 0 radical (unpaired) electrons. The summed E-state index contributed by atoms with van der Waals surface area (Å²) < 4.78 is 1.84. The summed E-state index contributed by atoms with van der Waals surface area (Å²) in [5.74, 6) is 0.998. The molecule has 2 aromatic rings. The lowest BCUT2D eigenvalue weighted by Crippen LogP contribution is -2.34. The van der Waals surface area contributed by atoms with Gasteiger partial charge in [0.25, 0.3) is 0 Å². The number of hydrogen-bond acceptors (Lipinski definition) is 2. The van der Waals surface area contributed by atoms with E-state index in [1.165, 1.54) is 5.56 Å². The van der Waals surface area contributed by atoms with E-state index in [0.29, 0.717) is 0 Å². The summed E-state index contributed by atoms with van der Waals surface area (Å²) in [6.07, 6.45) is 2.46. The maximum absolute atomic E-state index is 4.33. The van der Waals surface area contributed by atoms with E-state index < -0.39 is 0 Å². The Morgan fingerprint density at radius 3 is 2.33 bits per heavy atom. The Kier molecular flexibility index (Phi) is 4.56. The van der Waals surface area contributed by atoms with Crippen LogP contribution in [0.5, 0.6) is 0 Å². The number of halogens is 2. The van der Waals surface area contributed by atoms with Crippen LogP contribution in [0.15, 0.2) is 36.7 Å². The number of hydrogen-bond donors (Lipinski definition) is 0. The van der Waals surface area contributed by atoms with Gasteiger partial charge in [0.15, 0.2) is 0 Å². The van der Waals surface area contributed by atoms with Crippen LogP contribution in [0.2, 0.25) is 0 Å². The Labute approximate surface area is 124 Å². The quantitative estimate of drug-likeness (QED) is 0.755. The van der Waals surface area contributed by atoms with E-state index in [0.717, 1.165) is 22.9 Å². The number of aryl methyl sites for hydroxylation is 1. The van der Waals surface area contributed by atoms with Gasteiger partial charge in [0, 0.05) is 29.5 Å². The molecule has 1 heterocycles. The largest absolute Gasteiger partial charge is 0.253 e. The smallest absolute Gasteiger partial charge is 0.138 e. The summed E-state index contributed by atoms with van der Waals surface area (Å²) >= 11 is 7.31. The van der Waals surface area contributed by atoms with Crippen LogP contribution in [0.25, 0.3) is 0 Å². The molecule has 0 saturated carbocycles. The molecule has 3 nitrogen and oxygen atoms in total. The monoisotopic (exact) mass is 371 g/mol. The molecule has 0 aliphatic carbocycles. The highest BCUT2D eigenvalue weighted by atomic mass is 79.9. The Balaban J connectivity index is 2.36. The van der Waals surface area contributed by atoms with Crippen LogP contribution in [-0.2, 0) is 18.9 Å². The summed E-state index contributed by atoms with van der Waals surface area (Å²) in [5.41, 5.74) is 1.31. The fraction of sp³-hybridized carbons (Fsp3) is 0.385. The molecule has 0 fully saturated rings. The van der Waals surface area contributed by atoms with E-state index in [9.17, 15) is 0 Å². The average Bonchev–Trinajstić information content (AvgIpc) is 2.82. The molecular weight excluding hydrogens is 358 g/mol. The molecule has 5 heteroatoms. The van der Waals surface area contributed by atoms with E-state index in [1.807, 2.05) is 17.8 Å². The topological polar surface area (TPSA) is 30.7 Å². The van der Waals surface area contributed by atoms with Crippen molar-refractivity contribution in [2.75, 3.05) is 10.7 Å².